The number of fused-ring (bicyclic) bond motifs is 1. The number of aliphatic hydroxyl groups excluding tert-OH is 1. The van der Waals surface area contributed by atoms with E-state index >= 15 is 0 Å². The van der Waals surface area contributed by atoms with Crippen LogP contribution in [0, 0.1) is 17.5 Å². The van der Waals surface area contributed by atoms with E-state index in [-0.39, 0.29) is 63.4 Å². The lowest BCUT2D eigenvalue weighted by Crippen LogP contribution is -2.50. The summed E-state index contributed by atoms with van der Waals surface area (Å²) in [5.41, 5.74) is 5.25. The van der Waals surface area contributed by atoms with Crippen molar-refractivity contribution in [2.24, 2.45) is 5.73 Å². The summed E-state index contributed by atoms with van der Waals surface area (Å²) in [6.45, 7) is -0.644. The van der Waals surface area contributed by atoms with Gasteiger partial charge in [-0.05, 0) is 18.1 Å². The minimum absolute atomic E-state index is 0.0420. The molecule has 3 heterocycles. The zero-order chi connectivity index (χ0) is 27.1. The van der Waals surface area contributed by atoms with E-state index in [9.17, 15) is 41.0 Å². The van der Waals surface area contributed by atoms with Crippen LogP contribution in [0.4, 0.5) is 26.3 Å². The summed E-state index contributed by atoms with van der Waals surface area (Å²) in [5, 5.41) is 13.2. The number of amides is 2. The topological polar surface area (TPSA) is 117 Å². The maximum Gasteiger partial charge on any atom is 0.449 e. The highest BCUT2D eigenvalue weighted by atomic mass is 19.4. The van der Waals surface area contributed by atoms with Crippen LogP contribution in [0.2, 0.25) is 0 Å². The smallest absolute Gasteiger partial charge is 0.378 e. The molecule has 1 aromatic carbocycles. The number of nitrogens with zero attached hydrogens (tertiary/aromatic N) is 4. The fourth-order valence-electron chi connectivity index (χ4n) is 4.50. The number of halogens is 6. The van der Waals surface area contributed by atoms with E-state index in [0.717, 1.165) is 9.47 Å². The van der Waals surface area contributed by atoms with E-state index in [1.165, 1.54) is 4.90 Å². The zero-order valence-electron chi connectivity index (χ0n) is 19.4. The first kappa shape index (κ1) is 26.9. The van der Waals surface area contributed by atoms with Gasteiger partial charge in [0.25, 0.3) is 5.91 Å². The van der Waals surface area contributed by atoms with Crippen molar-refractivity contribution in [3.63, 3.8) is 0 Å². The van der Waals surface area contributed by atoms with Gasteiger partial charge in [-0.25, -0.2) is 18.2 Å². The molecule has 1 aromatic heterocycles. The van der Waals surface area contributed by atoms with Gasteiger partial charge in [-0.1, -0.05) is 0 Å². The van der Waals surface area contributed by atoms with Gasteiger partial charge in [0.1, 0.15) is 12.0 Å². The summed E-state index contributed by atoms with van der Waals surface area (Å²) < 4.78 is 82.4. The van der Waals surface area contributed by atoms with Gasteiger partial charge < -0.3 is 25.6 Å². The molecule has 4 rings (SSSR count). The standard InChI is InChI=1S/C22H24F6N6O3/c23-13-8-15(25)14(24)6-11(13)5-12(29)7-18(36)32-3-4-34-16(9-32)19(31-21(34)22(26,27)28)20(37)33-2-1-30-17(35)10-33/h6,8,12,18,36H,1-5,7,9-10,29H2,(H,30,35). The number of hydrogen-bond donors (Lipinski definition) is 3. The quantitative estimate of drug-likeness (QED) is 0.376. The van der Waals surface area contributed by atoms with Crippen LogP contribution in [0.3, 0.4) is 0 Å². The van der Waals surface area contributed by atoms with E-state index in [1.807, 2.05) is 0 Å². The number of aromatic nitrogens is 2. The Kier molecular flexibility index (Phi) is 7.48. The monoisotopic (exact) mass is 534 g/mol. The number of hydrogen-bond acceptors (Lipinski definition) is 6. The normalized spacial score (nSPS) is 18.4. The third kappa shape index (κ3) is 5.72. The number of piperazine rings is 1. The lowest BCUT2D eigenvalue weighted by Gasteiger charge is -2.34. The van der Waals surface area contributed by atoms with Crippen LogP contribution < -0.4 is 11.1 Å². The van der Waals surface area contributed by atoms with Gasteiger partial charge in [-0.15, -0.1) is 0 Å². The van der Waals surface area contributed by atoms with E-state index in [0.29, 0.717) is 12.1 Å². The number of alkyl halides is 3. The Balaban J connectivity index is 1.51. The second-order valence-electron chi connectivity index (χ2n) is 8.97. The molecule has 202 valence electrons. The van der Waals surface area contributed by atoms with Crippen molar-refractivity contribution in [1.29, 1.82) is 0 Å². The summed E-state index contributed by atoms with van der Waals surface area (Å²) >= 11 is 0. The number of benzene rings is 1. The van der Waals surface area contributed by atoms with Crippen LogP contribution in [0.1, 0.15) is 34.0 Å². The fourth-order valence-corrected chi connectivity index (χ4v) is 4.50. The molecule has 2 aromatic rings. The van der Waals surface area contributed by atoms with Gasteiger partial charge >= 0.3 is 6.18 Å². The van der Waals surface area contributed by atoms with E-state index in [2.05, 4.69) is 10.3 Å². The van der Waals surface area contributed by atoms with Gasteiger partial charge in [0.15, 0.2) is 17.3 Å². The number of carbonyl (C=O) groups excluding carboxylic acids is 2. The van der Waals surface area contributed by atoms with Gasteiger partial charge in [0, 0.05) is 51.3 Å². The van der Waals surface area contributed by atoms with E-state index < -0.39 is 59.2 Å². The highest BCUT2D eigenvalue weighted by Gasteiger charge is 2.42. The summed E-state index contributed by atoms with van der Waals surface area (Å²) in [6.07, 6.45) is -6.55. The minimum Gasteiger partial charge on any atom is -0.378 e. The van der Waals surface area contributed by atoms with Crippen molar-refractivity contribution in [3.05, 3.63) is 52.4 Å². The molecule has 0 radical (unpaired) electrons. The van der Waals surface area contributed by atoms with Crippen molar-refractivity contribution in [3.8, 4) is 0 Å². The summed E-state index contributed by atoms with van der Waals surface area (Å²) in [7, 11) is 0. The molecule has 1 saturated heterocycles. The number of aliphatic hydroxyl groups is 1. The minimum atomic E-state index is -4.84. The molecule has 0 bridgehead atoms. The molecule has 1 fully saturated rings. The fraction of sp³-hybridized carbons (Fsp3) is 0.500. The van der Waals surface area contributed by atoms with Gasteiger partial charge in [-0.2, -0.15) is 13.2 Å². The van der Waals surface area contributed by atoms with Gasteiger partial charge in [0.05, 0.1) is 12.2 Å². The second kappa shape index (κ2) is 10.3. The number of nitrogens with one attached hydrogen (secondary N) is 1. The Hall–Kier alpha value is -3.17. The molecule has 2 aliphatic rings. The molecule has 2 aliphatic heterocycles. The Morgan fingerprint density at radius 1 is 1.11 bits per heavy atom. The molecule has 2 amide bonds. The third-order valence-corrected chi connectivity index (χ3v) is 6.32. The maximum atomic E-state index is 13.9. The lowest BCUT2D eigenvalue weighted by atomic mass is 10.0. The highest BCUT2D eigenvalue weighted by molar-refractivity contribution is 5.96. The average molecular weight is 534 g/mol. The van der Waals surface area contributed by atoms with Crippen LogP contribution in [-0.2, 0) is 30.5 Å². The van der Waals surface area contributed by atoms with Gasteiger partial charge in [-0.3, -0.25) is 14.5 Å². The molecule has 2 unspecified atom stereocenters. The average Bonchev–Trinajstić information content (AvgIpc) is 3.21. The first-order valence-electron chi connectivity index (χ1n) is 11.4. The molecule has 0 aliphatic carbocycles. The molecule has 15 heteroatoms. The molecule has 37 heavy (non-hydrogen) atoms. The summed E-state index contributed by atoms with van der Waals surface area (Å²) in [5.74, 6) is -6.15. The highest BCUT2D eigenvalue weighted by Crippen LogP contribution is 2.33. The molecule has 0 saturated carbocycles. The first-order valence-corrected chi connectivity index (χ1v) is 11.4. The Morgan fingerprint density at radius 3 is 2.49 bits per heavy atom. The number of imidazole rings is 1. The Bertz CT molecular complexity index is 1200. The maximum absolute atomic E-state index is 13.9. The first-order chi connectivity index (χ1) is 17.3. The molecular formula is C22H24F6N6O3. The SMILES string of the molecule is NC(Cc1cc(F)c(F)cc1F)CC(O)N1CCn2c(C(F)(F)F)nc(C(=O)N3CCNC(=O)C3)c2C1. The molecule has 2 atom stereocenters. The van der Waals surface area contributed by atoms with Crippen LogP contribution >= 0.6 is 0 Å². The van der Waals surface area contributed by atoms with E-state index in [4.69, 9.17) is 5.73 Å². The Morgan fingerprint density at radius 2 is 1.81 bits per heavy atom. The number of carbonyl (C=O) groups is 2. The van der Waals surface area contributed by atoms with Crippen molar-refractivity contribution in [2.45, 2.75) is 44.4 Å². The molecule has 0 spiro atoms. The number of nitrogens with two attached hydrogens (primary N) is 1. The molecule has 4 N–H and O–H groups in total. The van der Waals surface area contributed by atoms with Crippen molar-refractivity contribution in [1.82, 2.24) is 24.7 Å². The van der Waals surface area contributed by atoms with Crippen molar-refractivity contribution >= 4 is 11.8 Å². The van der Waals surface area contributed by atoms with Crippen LogP contribution in [0.5, 0.6) is 0 Å². The Labute approximate surface area is 206 Å². The van der Waals surface area contributed by atoms with Crippen LogP contribution in [-0.4, -0.2) is 74.7 Å². The lowest BCUT2D eigenvalue weighted by molar-refractivity contribution is -0.148. The molecule has 9 nitrogen and oxygen atoms in total. The zero-order valence-corrected chi connectivity index (χ0v) is 19.4. The summed E-state index contributed by atoms with van der Waals surface area (Å²) in [6, 6.07) is 0.163. The predicted octanol–water partition coefficient (Wildman–Crippen LogP) is 0.985. The van der Waals surface area contributed by atoms with Gasteiger partial charge in [0.2, 0.25) is 11.7 Å². The molecular weight excluding hydrogens is 510 g/mol. The second-order valence-corrected chi connectivity index (χ2v) is 8.97. The third-order valence-electron chi connectivity index (χ3n) is 6.32. The van der Waals surface area contributed by atoms with E-state index in [1.54, 1.807) is 0 Å². The predicted molar refractivity (Wildman–Crippen MR) is 115 cm³/mol. The number of rotatable bonds is 6. The largest absolute Gasteiger partial charge is 0.449 e. The van der Waals surface area contributed by atoms with Crippen LogP contribution in [0.25, 0.3) is 0 Å². The summed E-state index contributed by atoms with van der Waals surface area (Å²) in [4.78, 5) is 30.7. The van der Waals surface area contributed by atoms with Crippen molar-refractivity contribution in [2.75, 3.05) is 26.2 Å². The van der Waals surface area contributed by atoms with Crippen molar-refractivity contribution < 1.29 is 41.0 Å². The van der Waals surface area contributed by atoms with Crippen LogP contribution in [0.15, 0.2) is 12.1 Å².